The van der Waals surface area contributed by atoms with Crippen molar-refractivity contribution in [3.05, 3.63) is 122 Å². The molecule has 0 aliphatic heterocycles. The molecule has 0 fully saturated rings. The van der Waals surface area contributed by atoms with Gasteiger partial charge in [0.25, 0.3) is 11.5 Å². The van der Waals surface area contributed by atoms with Crippen molar-refractivity contribution in [2.24, 2.45) is 0 Å². The molecular weight excluding hydrogens is 472 g/mol. The number of hydrogen-bond donors (Lipinski definition) is 3. The number of hydrogen-bond acceptors (Lipinski definition) is 6. The Morgan fingerprint density at radius 3 is 2.32 bits per heavy atom. The summed E-state index contributed by atoms with van der Waals surface area (Å²) in [6.07, 6.45) is 2.59. The number of benzene rings is 2. The van der Waals surface area contributed by atoms with Gasteiger partial charge >= 0.3 is 5.97 Å². The zero-order valence-electron chi connectivity index (χ0n) is 20.7. The molecule has 9 nitrogen and oxygen atoms in total. The first-order valence-electron chi connectivity index (χ1n) is 11.7. The normalized spacial score (nSPS) is 10.8. The van der Waals surface area contributed by atoms with E-state index in [4.69, 9.17) is 9.47 Å². The van der Waals surface area contributed by atoms with E-state index in [-0.39, 0.29) is 24.6 Å². The lowest BCUT2D eigenvalue weighted by atomic mass is 10.0. The van der Waals surface area contributed by atoms with E-state index >= 15 is 0 Å². The Morgan fingerprint density at radius 1 is 0.919 bits per heavy atom. The summed E-state index contributed by atoms with van der Waals surface area (Å²) in [4.78, 5) is 40.0. The monoisotopic (exact) mass is 500 g/mol. The van der Waals surface area contributed by atoms with Crippen molar-refractivity contribution >= 4 is 11.9 Å². The molecule has 1 amide bonds. The molecule has 9 heteroatoms. The maximum Gasteiger partial charge on any atom is 0.338 e. The van der Waals surface area contributed by atoms with Crippen LogP contribution in [0.5, 0.6) is 0 Å². The van der Waals surface area contributed by atoms with E-state index in [9.17, 15) is 14.4 Å². The lowest BCUT2D eigenvalue weighted by molar-refractivity contribution is 0.0598. The highest BCUT2D eigenvalue weighted by molar-refractivity contribution is 5.97. The maximum absolute atomic E-state index is 13.3. The highest BCUT2D eigenvalue weighted by Gasteiger charge is 2.21. The molecule has 0 radical (unpaired) electrons. The quantitative estimate of drug-likeness (QED) is 0.287. The van der Waals surface area contributed by atoms with E-state index in [0.29, 0.717) is 46.5 Å². The lowest BCUT2D eigenvalue weighted by Gasteiger charge is -2.11. The number of methoxy groups -OCH3 is 2. The Bertz CT molecular complexity index is 1440. The molecule has 2 heterocycles. The molecule has 0 aliphatic rings. The van der Waals surface area contributed by atoms with Gasteiger partial charge in [0.05, 0.1) is 30.5 Å². The van der Waals surface area contributed by atoms with Crippen LogP contribution in [0.1, 0.15) is 54.4 Å². The zero-order chi connectivity index (χ0) is 26.2. The van der Waals surface area contributed by atoms with Crippen LogP contribution in [0.25, 0.3) is 0 Å². The number of aromatic amines is 2. The van der Waals surface area contributed by atoms with Crippen molar-refractivity contribution < 1.29 is 19.1 Å². The number of H-pyrrole nitrogens is 2. The standard InChI is InChI=1S/C28H28N4O5/c1-36-17-24-25(27(34)30-16-21-6-3-4-8-22(21)28(35)37-2)23(31-32-24)15-19-11-9-18(10-12-19)14-20-7-5-13-29-26(20)33/h3-13H,14-17H2,1-2H3,(H,29,33)(H,30,34)(H,31,32). The van der Waals surface area contributed by atoms with E-state index < -0.39 is 5.97 Å². The number of pyridine rings is 1. The molecule has 2 aromatic heterocycles. The van der Waals surface area contributed by atoms with Gasteiger partial charge in [-0.15, -0.1) is 0 Å². The molecule has 2 aromatic carbocycles. The van der Waals surface area contributed by atoms with Crippen molar-refractivity contribution in [2.75, 3.05) is 14.2 Å². The molecule has 4 rings (SSSR count). The van der Waals surface area contributed by atoms with E-state index in [1.165, 1.54) is 7.11 Å². The van der Waals surface area contributed by atoms with Crippen molar-refractivity contribution in [3.63, 3.8) is 0 Å². The number of aromatic nitrogens is 3. The molecule has 0 saturated heterocycles. The second-order valence-electron chi connectivity index (χ2n) is 8.48. The number of rotatable bonds is 10. The van der Waals surface area contributed by atoms with Crippen LogP contribution >= 0.6 is 0 Å². The second kappa shape index (κ2) is 12.0. The summed E-state index contributed by atoms with van der Waals surface area (Å²) in [5, 5.41) is 10.2. The molecule has 3 N–H and O–H groups in total. The van der Waals surface area contributed by atoms with Crippen LogP contribution in [-0.4, -0.2) is 41.3 Å². The third-order valence-corrected chi connectivity index (χ3v) is 5.98. The zero-order valence-corrected chi connectivity index (χ0v) is 20.7. The van der Waals surface area contributed by atoms with Crippen molar-refractivity contribution in [2.45, 2.75) is 26.0 Å². The third-order valence-electron chi connectivity index (χ3n) is 5.98. The number of nitrogens with one attached hydrogen (secondary N) is 3. The Labute approximate surface area is 213 Å². The molecule has 0 bridgehead atoms. The molecule has 37 heavy (non-hydrogen) atoms. The summed E-state index contributed by atoms with van der Waals surface area (Å²) in [6, 6.07) is 18.5. The molecule has 4 aromatic rings. The van der Waals surface area contributed by atoms with Gasteiger partial charge < -0.3 is 19.8 Å². The molecular formula is C28H28N4O5. The van der Waals surface area contributed by atoms with E-state index in [1.807, 2.05) is 36.4 Å². The van der Waals surface area contributed by atoms with Crippen LogP contribution in [0.4, 0.5) is 0 Å². The van der Waals surface area contributed by atoms with Crippen LogP contribution in [0.3, 0.4) is 0 Å². The van der Waals surface area contributed by atoms with Gasteiger partial charge in [-0.3, -0.25) is 14.7 Å². The van der Waals surface area contributed by atoms with Crippen molar-refractivity contribution in [1.82, 2.24) is 20.5 Å². The van der Waals surface area contributed by atoms with Crippen LogP contribution in [-0.2, 0) is 35.5 Å². The van der Waals surface area contributed by atoms with Crippen LogP contribution in [0, 0.1) is 0 Å². The van der Waals surface area contributed by atoms with Gasteiger partial charge in [-0.05, 0) is 28.8 Å². The topological polar surface area (TPSA) is 126 Å². The predicted octanol–water partition coefficient (Wildman–Crippen LogP) is 3.14. The number of ether oxygens (including phenoxy) is 2. The summed E-state index contributed by atoms with van der Waals surface area (Å²) < 4.78 is 10.1. The minimum Gasteiger partial charge on any atom is -0.465 e. The fourth-order valence-corrected chi connectivity index (χ4v) is 4.10. The van der Waals surface area contributed by atoms with Gasteiger partial charge in [-0.2, -0.15) is 5.10 Å². The number of carbonyl (C=O) groups excluding carboxylic acids is 2. The van der Waals surface area contributed by atoms with Gasteiger partial charge in [-0.25, -0.2) is 4.79 Å². The van der Waals surface area contributed by atoms with Crippen molar-refractivity contribution in [1.29, 1.82) is 0 Å². The van der Waals surface area contributed by atoms with Crippen LogP contribution < -0.4 is 10.9 Å². The van der Waals surface area contributed by atoms with Gasteiger partial charge in [0.1, 0.15) is 5.69 Å². The first-order chi connectivity index (χ1) is 18.0. The molecule has 0 aliphatic carbocycles. The maximum atomic E-state index is 13.3. The number of nitrogens with zero attached hydrogens (tertiary/aromatic N) is 1. The van der Waals surface area contributed by atoms with Gasteiger partial charge in [0.2, 0.25) is 0 Å². The Morgan fingerprint density at radius 2 is 1.62 bits per heavy atom. The third kappa shape index (κ3) is 6.20. The van der Waals surface area contributed by atoms with Crippen LogP contribution in [0.2, 0.25) is 0 Å². The Hall–Kier alpha value is -4.50. The smallest absolute Gasteiger partial charge is 0.338 e. The molecule has 0 saturated carbocycles. The van der Waals surface area contributed by atoms with E-state index in [1.54, 1.807) is 37.6 Å². The summed E-state index contributed by atoms with van der Waals surface area (Å²) >= 11 is 0. The number of amides is 1. The second-order valence-corrected chi connectivity index (χ2v) is 8.48. The van der Waals surface area contributed by atoms with E-state index in [0.717, 1.165) is 11.1 Å². The summed E-state index contributed by atoms with van der Waals surface area (Å²) in [7, 11) is 2.86. The highest BCUT2D eigenvalue weighted by atomic mass is 16.5. The van der Waals surface area contributed by atoms with Gasteiger partial charge in [-0.1, -0.05) is 48.5 Å². The minimum atomic E-state index is -0.464. The molecule has 0 spiro atoms. The van der Waals surface area contributed by atoms with E-state index in [2.05, 4.69) is 20.5 Å². The summed E-state index contributed by atoms with van der Waals surface area (Å²) in [6.45, 7) is 0.316. The molecule has 0 unspecified atom stereocenters. The summed E-state index contributed by atoms with van der Waals surface area (Å²) in [5.74, 6) is -0.787. The Balaban J connectivity index is 1.50. The SMILES string of the molecule is COCc1n[nH]c(Cc2ccc(Cc3ccc[nH]c3=O)cc2)c1C(=O)NCc1ccccc1C(=O)OC. The first kappa shape index (κ1) is 25.6. The van der Waals surface area contributed by atoms with Gasteiger partial charge in [0, 0.05) is 38.3 Å². The predicted molar refractivity (Wildman–Crippen MR) is 137 cm³/mol. The minimum absolute atomic E-state index is 0.0976. The molecule has 190 valence electrons. The Kier molecular flexibility index (Phi) is 8.27. The average Bonchev–Trinajstić information content (AvgIpc) is 3.31. The first-order valence-corrected chi connectivity index (χ1v) is 11.7. The van der Waals surface area contributed by atoms with Gasteiger partial charge in [0.15, 0.2) is 0 Å². The van der Waals surface area contributed by atoms with Crippen LogP contribution in [0.15, 0.2) is 71.7 Å². The molecule has 0 atom stereocenters. The fraction of sp³-hybridized carbons (Fsp3) is 0.214. The lowest BCUT2D eigenvalue weighted by Crippen LogP contribution is -2.26. The average molecular weight is 501 g/mol. The number of carbonyl (C=O) groups is 2. The fourth-order valence-electron chi connectivity index (χ4n) is 4.10. The highest BCUT2D eigenvalue weighted by Crippen LogP contribution is 2.19. The largest absolute Gasteiger partial charge is 0.465 e. The summed E-state index contributed by atoms with van der Waals surface area (Å²) in [5.41, 5.74) is 5.18. The number of esters is 1. The van der Waals surface area contributed by atoms with Crippen molar-refractivity contribution in [3.8, 4) is 0 Å².